The van der Waals surface area contributed by atoms with Crippen LogP contribution in [0, 0.1) is 0 Å². The largest absolute Gasteiger partial charge is 0.497 e. The molecular weight excluding hydrogens is 162 g/mol. The van der Waals surface area contributed by atoms with Gasteiger partial charge in [-0.1, -0.05) is 6.58 Å². The molecule has 0 aromatic heterocycles. The lowest BCUT2D eigenvalue weighted by Gasteiger charge is -2.06. The molecule has 2 nitrogen and oxygen atoms in total. The van der Waals surface area contributed by atoms with Crippen molar-refractivity contribution in [1.29, 1.82) is 0 Å². The highest BCUT2D eigenvalue weighted by molar-refractivity contribution is 5.74. The smallest absolute Gasteiger partial charge is 0.121 e. The van der Waals surface area contributed by atoms with E-state index < -0.39 is 0 Å². The SMILES string of the molecule is C=Nc1cc(OC)ccc1C(=C)C. The predicted octanol–water partition coefficient (Wildman–Crippen LogP) is 3.06. The van der Waals surface area contributed by atoms with Gasteiger partial charge in [0.05, 0.1) is 12.8 Å². The Bertz CT molecular complexity index is 342. The van der Waals surface area contributed by atoms with Gasteiger partial charge in [0.2, 0.25) is 0 Å². The van der Waals surface area contributed by atoms with E-state index in [1.165, 1.54) is 0 Å². The molecule has 0 heterocycles. The third-order valence-corrected chi connectivity index (χ3v) is 1.84. The highest BCUT2D eigenvalue weighted by Gasteiger charge is 2.02. The van der Waals surface area contributed by atoms with Crippen molar-refractivity contribution in [2.75, 3.05) is 7.11 Å². The predicted molar refractivity (Wildman–Crippen MR) is 56.9 cm³/mol. The van der Waals surface area contributed by atoms with E-state index >= 15 is 0 Å². The lowest BCUT2D eigenvalue weighted by molar-refractivity contribution is 0.415. The maximum atomic E-state index is 5.07. The van der Waals surface area contributed by atoms with Gasteiger partial charge in [-0.2, -0.15) is 0 Å². The fraction of sp³-hybridized carbons (Fsp3) is 0.182. The van der Waals surface area contributed by atoms with Gasteiger partial charge >= 0.3 is 0 Å². The first-order valence-electron chi connectivity index (χ1n) is 3.99. The van der Waals surface area contributed by atoms with Crippen LogP contribution in [0.1, 0.15) is 12.5 Å². The van der Waals surface area contributed by atoms with Crippen LogP contribution in [-0.2, 0) is 0 Å². The summed E-state index contributed by atoms with van der Waals surface area (Å²) in [5, 5.41) is 0. The minimum absolute atomic E-state index is 0.785. The fourth-order valence-corrected chi connectivity index (χ4v) is 1.13. The number of nitrogens with zero attached hydrogens (tertiary/aromatic N) is 1. The van der Waals surface area contributed by atoms with E-state index in [0.29, 0.717) is 0 Å². The lowest BCUT2D eigenvalue weighted by atomic mass is 10.1. The number of allylic oxidation sites excluding steroid dienone is 1. The summed E-state index contributed by atoms with van der Waals surface area (Å²) < 4.78 is 5.07. The molecule has 0 saturated heterocycles. The minimum atomic E-state index is 0.785. The summed E-state index contributed by atoms with van der Waals surface area (Å²) in [6, 6.07) is 5.67. The fourth-order valence-electron chi connectivity index (χ4n) is 1.13. The number of rotatable bonds is 3. The monoisotopic (exact) mass is 175 g/mol. The van der Waals surface area contributed by atoms with Crippen molar-refractivity contribution < 1.29 is 4.74 Å². The van der Waals surface area contributed by atoms with Crippen LogP contribution in [0.3, 0.4) is 0 Å². The van der Waals surface area contributed by atoms with Crippen molar-refractivity contribution in [2.45, 2.75) is 6.92 Å². The molecule has 0 unspecified atom stereocenters. The second kappa shape index (κ2) is 3.90. The molecule has 0 aliphatic heterocycles. The Hall–Kier alpha value is -1.57. The third kappa shape index (κ3) is 1.96. The van der Waals surface area contributed by atoms with Crippen LogP contribution in [0.25, 0.3) is 5.57 Å². The Labute approximate surface area is 78.6 Å². The topological polar surface area (TPSA) is 21.6 Å². The second-order valence-corrected chi connectivity index (χ2v) is 2.82. The first-order valence-corrected chi connectivity index (χ1v) is 3.99. The van der Waals surface area contributed by atoms with Gasteiger partial charge in [0.1, 0.15) is 5.75 Å². The molecule has 0 aliphatic rings. The van der Waals surface area contributed by atoms with E-state index in [-0.39, 0.29) is 0 Å². The number of aliphatic imine (C=N–C) groups is 1. The van der Waals surface area contributed by atoms with Crippen LogP contribution in [0.4, 0.5) is 5.69 Å². The van der Waals surface area contributed by atoms with Crippen molar-refractivity contribution in [3.8, 4) is 5.75 Å². The number of hydrogen-bond donors (Lipinski definition) is 0. The first kappa shape index (κ1) is 9.52. The van der Waals surface area contributed by atoms with Gasteiger partial charge in [-0.25, -0.2) is 0 Å². The van der Waals surface area contributed by atoms with Crippen LogP contribution < -0.4 is 4.74 Å². The molecule has 1 aromatic carbocycles. The summed E-state index contributed by atoms with van der Waals surface area (Å²) in [6.07, 6.45) is 0. The van der Waals surface area contributed by atoms with E-state index in [4.69, 9.17) is 4.74 Å². The molecule has 0 N–H and O–H groups in total. The van der Waals surface area contributed by atoms with Gasteiger partial charge in [0.15, 0.2) is 0 Å². The Morgan fingerprint density at radius 2 is 2.15 bits per heavy atom. The van der Waals surface area contributed by atoms with Crippen LogP contribution in [0.15, 0.2) is 29.8 Å². The van der Waals surface area contributed by atoms with Gasteiger partial charge in [-0.3, -0.25) is 4.99 Å². The summed E-state index contributed by atoms with van der Waals surface area (Å²) in [4.78, 5) is 3.91. The van der Waals surface area contributed by atoms with E-state index in [9.17, 15) is 0 Å². The molecule has 2 heteroatoms. The molecule has 0 spiro atoms. The molecule has 1 aromatic rings. The highest BCUT2D eigenvalue weighted by atomic mass is 16.5. The summed E-state index contributed by atoms with van der Waals surface area (Å²) in [5.41, 5.74) is 2.80. The van der Waals surface area contributed by atoms with Gasteiger partial charge in [0.25, 0.3) is 0 Å². The van der Waals surface area contributed by atoms with Crippen LogP contribution in [0.5, 0.6) is 5.75 Å². The number of ether oxygens (including phenoxy) is 1. The van der Waals surface area contributed by atoms with E-state index in [0.717, 1.165) is 22.6 Å². The molecule has 0 aliphatic carbocycles. The molecule has 0 atom stereocenters. The maximum Gasteiger partial charge on any atom is 0.121 e. The maximum absolute atomic E-state index is 5.07. The van der Waals surface area contributed by atoms with Gasteiger partial charge in [0, 0.05) is 11.6 Å². The van der Waals surface area contributed by atoms with Crippen LogP contribution in [-0.4, -0.2) is 13.8 Å². The summed E-state index contributed by atoms with van der Waals surface area (Å²) in [5.74, 6) is 0.785. The number of benzene rings is 1. The quantitative estimate of drug-likeness (QED) is 0.647. The van der Waals surface area contributed by atoms with Gasteiger partial charge < -0.3 is 4.74 Å². The molecule has 0 radical (unpaired) electrons. The van der Waals surface area contributed by atoms with E-state index in [1.54, 1.807) is 7.11 Å². The van der Waals surface area contributed by atoms with Crippen molar-refractivity contribution in [1.82, 2.24) is 0 Å². The molecule has 0 bridgehead atoms. The standard InChI is InChI=1S/C11H13NO/c1-8(2)10-6-5-9(13-4)7-11(10)12-3/h5-7H,1,3H2,2,4H3. The average Bonchev–Trinajstić information content (AvgIpc) is 2.16. The van der Waals surface area contributed by atoms with E-state index in [2.05, 4.69) is 18.3 Å². The summed E-state index contributed by atoms with van der Waals surface area (Å²) in [7, 11) is 1.63. The second-order valence-electron chi connectivity index (χ2n) is 2.82. The van der Waals surface area contributed by atoms with Crippen molar-refractivity contribution in [2.24, 2.45) is 4.99 Å². The molecule has 1 rings (SSSR count). The highest BCUT2D eigenvalue weighted by Crippen LogP contribution is 2.28. The van der Waals surface area contributed by atoms with Crippen molar-refractivity contribution >= 4 is 18.0 Å². The van der Waals surface area contributed by atoms with Crippen molar-refractivity contribution in [3.63, 3.8) is 0 Å². The Balaban J connectivity index is 3.23. The normalized spacial score (nSPS) is 9.38. The van der Waals surface area contributed by atoms with Crippen LogP contribution >= 0.6 is 0 Å². The Morgan fingerprint density at radius 1 is 1.46 bits per heavy atom. The zero-order valence-corrected chi connectivity index (χ0v) is 8.00. The molecule has 13 heavy (non-hydrogen) atoms. The minimum Gasteiger partial charge on any atom is -0.497 e. The van der Waals surface area contributed by atoms with Gasteiger partial charge in [-0.15, -0.1) is 0 Å². The number of hydrogen-bond acceptors (Lipinski definition) is 2. The molecule has 68 valence electrons. The van der Waals surface area contributed by atoms with Gasteiger partial charge in [-0.05, 0) is 31.3 Å². The average molecular weight is 175 g/mol. The summed E-state index contributed by atoms with van der Waals surface area (Å²) in [6.45, 7) is 9.30. The van der Waals surface area contributed by atoms with Crippen molar-refractivity contribution in [3.05, 3.63) is 30.3 Å². The van der Waals surface area contributed by atoms with E-state index in [1.807, 2.05) is 25.1 Å². The third-order valence-electron chi connectivity index (χ3n) is 1.84. The first-order chi connectivity index (χ1) is 6.19. The molecule has 0 amide bonds. The molecule has 0 saturated carbocycles. The lowest BCUT2D eigenvalue weighted by Crippen LogP contribution is -1.84. The summed E-state index contributed by atoms with van der Waals surface area (Å²) >= 11 is 0. The molecular formula is C11H13NO. The van der Waals surface area contributed by atoms with Crippen LogP contribution in [0.2, 0.25) is 0 Å². The Morgan fingerprint density at radius 3 is 2.62 bits per heavy atom. The zero-order chi connectivity index (χ0) is 9.84. The Kier molecular flexibility index (Phi) is 2.85. The zero-order valence-electron chi connectivity index (χ0n) is 8.00. The molecule has 0 fully saturated rings. The number of methoxy groups -OCH3 is 1.